The number of hydrogen-bond acceptors (Lipinski definition) is 6. The minimum atomic E-state index is -4.43. The second kappa shape index (κ2) is 9.16. The second-order valence-corrected chi connectivity index (χ2v) is 9.69. The van der Waals surface area contributed by atoms with Crippen molar-refractivity contribution in [3.63, 3.8) is 0 Å². The Labute approximate surface area is 181 Å². The second-order valence-electron chi connectivity index (χ2n) is 6.43. The zero-order valence-corrected chi connectivity index (χ0v) is 18.4. The minimum absolute atomic E-state index is 0.146. The number of halogens is 1. The molecule has 158 valence electrons. The molecule has 30 heavy (non-hydrogen) atoms. The summed E-state index contributed by atoms with van der Waals surface area (Å²) in [6.45, 7) is 3.68. The Hall–Kier alpha value is -2.42. The molecule has 0 spiro atoms. The van der Waals surface area contributed by atoms with E-state index in [-0.39, 0.29) is 28.5 Å². The molecule has 0 aliphatic carbocycles. The molecule has 0 saturated carbocycles. The van der Waals surface area contributed by atoms with Crippen molar-refractivity contribution in [3.8, 4) is 17.2 Å². The first-order valence-corrected chi connectivity index (χ1v) is 11.5. The third kappa shape index (κ3) is 6.04. The van der Waals surface area contributed by atoms with Crippen LogP contribution in [-0.2, 0) is 4.57 Å². The topological polar surface area (TPSA) is 118 Å². The molecule has 0 aliphatic heterocycles. The fraction of sp³-hybridized carbons (Fsp3) is 0.158. The number of rotatable bonds is 7. The largest absolute Gasteiger partial charge is 0.491 e. The Bertz CT molecular complexity index is 1110. The van der Waals surface area contributed by atoms with Gasteiger partial charge in [-0.1, -0.05) is 29.0 Å². The normalized spacial score (nSPS) is 11.4. The predicted octanol–water partition coefficient (Wildman–Crippen LogP) is 4.43. The molecule has 0 fully saturated rings. The van der Waals surface area contributed by atoms with Crippen molar-refractivity contribution in [2.45, 2.75) is 20.0 Å². The van der Waals surface area contributed by atoms with E-state index < -0.39 is 13.5 Å². The number of thiazole rings is 1. The Morgan fingerprint density at radius 1 is 1.17 bits per heavy atom. The summed E-state index contributed by atoms with van der Waals surface area (Å²) in [5.74, 6) is 0.425. The van der Waals surface area contributed by atoms with E-state index in [0.29, 0.717) is 15.2 Å². The lowest BCUT2D eigenvalue weighted by atomic mass is 10.2. The van der Waals surface area contributed by atoms with Crippen molar-refractivity contribution < 1.29 is 28.6 Å². The number of carbonyl (C=O) groups is 1. The first-order chi connectivity index (χ1) is 14.1. The molecule has 1 amide bonds. The first kappa shape index (κ1) is 22.3. The van der Waals surface area contributed by atoms with E-state index >= 15 is 0 Å². The predicted molar refractivity (Wildman–Crippen MR) is 115 cm³/mol. The zero-order valence-electron chi connectivity index (χ0n) is 15.9. The maximum atomic E-state index is 12.6. The molecule has 0 atom stereocenters. The van der Waals surface area contributed by atoms with Crippen LogP contribution in [0.15, 0.2) is 48.7 Å². The maximum Gasteiger partial charge on any atom is 0.356 e. The van der Waals surface area contributed by atoms with Gasteiger partial charge >= 0.3 is 7.60 Å². The Kier molecular flexibility index (Phi) is 6.80. The van der Waals surface area contributed by atoms with Gasteiger partial charge in [0.05, 0.1) is 17.6 Å². The van der Waals surface area contributed by atoms with E-state index in [2.05, 4.69) is 10.3 Å². The molecule has 0 aliphatic rings. The molecule has 0 unspecified atom stereocenters. The van der Waals surface area contributed by atoms with Gasteiger partial charge in [0.15, 0.2) is 5.13 Å². The third-order valence-electron chi connectivity index (χ3n) is 3.60. The molecule has 3 N–H and O–H groups in total. The highest BCUT2D eigenvalue weighted by Crippen LogP contribution is 2.35. The first-order valence-electron chi connectivity index (χ1n) is 8.68. The van der Waals surface area contributed by atoms with Crippen molar-refractivity contribution in [2.75, 3.05) is 5.32 Å². The smallest absolute Gasteiger partial charge is 0.356 e. The van der Waals surface area contributed by atoms with Gasteiger partial charge in [0.25, 0.3) is 5.91 Å². The number of nitrogens with one attached hydrogen (secondary N) is 1. The molecular formula is C19H18ClN2O6PS. The number of benzene rings is 2. The highest BCUT2D eigenvalue weighted by Gasteiger charge is 2.18. The van der Waals surface area contributed by atoms with Gasteiger partial charge in [-0.15, -0.1) is 0 Å². The van der Waals surface area contributed by atoms with E-state index in [1.807, 2.05) is 13.8 Å². The number of amides is 1. The molecule has 3 aromatic rings. The van der Waals surface area contributed by atoms with E-state index in [0.717, 1.165) is 11.3 Å². The van der Waals surface area contributed by atoms with E-state index in [9.17, 15) is 19.1 Å². The van der Waals surface area contributed by atoms with Gasteiger partial charge in [0.2, 0.25) is 0 Å². The number of hydrogen-bond donors (Lipinski definition) is 3. The molecule has 2 aromatic carbocycles. The summed E-state index contributed by atoms with van der Waals surface area (Å²) >= 11 is 6.96. The number of carbonyl (C=O) groups excluding carboxylic acids is 1. The summed E-state index contributed by atoms with van der Waals surface area (Å²) in [6.07, 6.45) is 1.29. The van der Waals surface area contributed by atoms with Gasteiger partial charge < -0.3 is 19.3 Å². The van der Waals surface area contributed by atoms with Crippen LogP contribution < -0.4 is 20.1 Å². The SMILES string of the molecule is CC(C)Oc1cc(Oc2cccc(P(=O)(O)O)c2)cc(C(=O)Nc2ncc(Cl)s2)c1. The molecule has 0 bridgehead atoms. The van der Waals surface area contributed by atoms with Crippen LogP contribution in [0.3, 0.4) is 0 Å². The van der Waals surface area contributed by atoms with Crippen LogP contribution in [-0.4, -0.2) is 26.8 Å². The lowest BCUT2D eigenvalue weighted by Crippen LogP contribution is -2.13. The van der Waals surface area contributed by atoms with Crippen LogP contribution in [0.5, 0.6) is 17.2 Å². The van der Waals surface area contributed by atoms with Gasteiger partial charge in [-0.25, -0.2) is 4.98 Å². The number of aromatic nitrogens is 1. The zero-order chi connectivity index (χ0) is 21.9. The Balaban J connectivity index is 1.91. The molecule has 1 aromatic heterocycles. The molecule has 1 heterocycles. The molecule has 8 nitrogen and oxygen atoms in total. The maximum absolute atomic E-state index is 12.6. The van der Waals surface area contributed by atoms with E-state index in [4.69, 9.17) is 21.1 Å². The van der Waals surface area contributed by atoms with Crippen LogP contribution in [0, 0.1) is 0 Å². The monoisotopic (exact) mass is 468 g/mol. The summed E-state index contributed by atoms with van der Waals surface area (Å²) in [4.78, 5) is 35.3. The van der Waals surface area contributed by atoms with Crippen molar-refractivity contribution in [1.29, 1.82) is 0 Å². The number of nitrogens with zero attached hydrogens (tertiary/aromatic N) is 1. The standard InChI is InChI=1S/C19H18ClN2O6PS/c1-11(2)27-14-6-12(18(23)22-19-21-10-17(20)30-19)7-15(8-14)28-13-4-3-5-16(9-13)29(24,25)26/h3-11H,1-2H3,(H,21,22,23)(H2,24,25,26). The summed E-state index contributed by atoms with van der Waals surface area (Å²) < 4.78 is 23.4. The summed E-state index contributed by atoms with van der Waals surface area (Å²) in [5.41, 5.74) is 0.251. The highest BCUT2D eigenvalue weighted by molar-refractivity contribution is 7.60. The van der Waals surface area contributed by atoms with Crippen LogP contribution >= 0.6 is 30.5 Å². The van der Waals surface area contributed by atoms with Crippen LogP contribution in [0.4, 0.5) is 5.13 Å². The summed E-state index contributed by atoms with van der Waals surface area (Å²) in [6, 6.07) is 10.2. The van der Waals surface area contributed by atoms with Crippen LogP contribution in [0.25, 0.3) is 0 Å². The van der Waals surface area contributed by atoms with Crippen LogP contribution in [0.1, 0.15) is 24.2 Å². The fourth-order valence-electron chi connectivity index (χ4n) is 2.45. The lowest BCUT2D eigenvalue weighted by Gasteiger charge is -2.14. The summed E-state index contributed by atoms with van der Waals surface area (Å²) in [5, 5.41) is 2.82. The molecule has 0 saturated heterocycles. The van der Waals surface area contributed by atoms with Gasteiger partial charge in [-0.05, 0) is 44.2 Å². The van der Waals surface area contributed by atoms with Crippen molar-refractivity contribution in [2.24, 2.45) is 0 Å². The fourth-order valence-corrected chi connectivity index (χ4v) is 3.83. The van der Waals surface area contributed by atoms with E-state index in [1.54, 1.807) is 18.2 Å². The lowest BCUT2D eigenvalue weighted by molar-refractivity contribution is 0.102. The number of anilines is 1. The van der Waals surface area contributed by atoms with Crippen molar-refractivity contribution >= 4 is 46.9 Å². The van der Waals surface area contributed by atoms with Gasteiger partial charge in [-0.3, -0.25) is 14.7 Å². The molecular weight excluding hydrogens is 451 g/mol. The molecule has 3 rings (SSSR count). The van der Waals surface area contributed by atoms with Gasteiger partial charge in [-0.2, -0.15) is 0 Å². The van der Waals surface area contributed by atoms with Crippen molar-refractivity contribution in [1.82, 2.24) is 4.98 Å². The average molecular weight is 469 g/mol. The highest BCUT2D eigenvalue weighted by atomic mass is 35.5. The summed E-state index contributed by atoms with van der Waals surface area (Å²) in [7, 11) is -4.43. The Morgan fingerprint density at radius 3 is 2.53 bits per heavy atom. The number of ether oxygens (including phenoxy) is 2. The van der Waals surface area contributed by atoms with Crippen molar-refractivity contribution in [3.05, 3.63) is 58.6 Å². The van der Waals surface area contributed by atoms with Gasteiger partial charge in [0, 0.05) is 11.6 Å². The molecule has 0 radical (unpaired) electrons. The quantitative estimate of drug-likeness (QED) is 0.439. The molecule has 11 heteroatoms. The van der Waals surface area contributed by atoms with E-state index in [1.165, 1.54) is 30.5 Å². The van der Waals surface area contributed by atoms with Gasteiger partial charge in [0.1, 0.15) is 21.6 Å². The third-order valence-corrected chi connectivity index (χ3v) is 5.58. The average Bonchev–Trinajstić information content (AvgIpc) is 3.05. The van der Waals surface area contributed by atoms with Crippen LogP contribution in [0.2, 0.25) is 4.34 Å². The minimum Gasteiger partial charge on any atom is -0.491 e. The Morgan fingerprint density at radius 2 is 1.90 bits per heavy atom.